The zero-order chi connectivity index (χ0) is 13.8. The molecule has 2 aromatic rings. The molecule has 0 radical (unpaired) electrons. The Kier molecular flexibility index (Phi) is 3.99. The van der Waals surface area contributed by atoms with Gasteiger partial charge in [-0.15, -0.1) is 0 Å². The van der Waals surface area contributed by atoms with Gasteiger partial charge in [-0.2, -0.15) is 0 Å². The van der Waals surface area contributed by atoms with Crippen LogP contribution in [0.5, 0.6) is 11.6 Å². The number of pyridine rings is 1. The number of nitrogens with zero attached hydrogens (tertiary/aromatic N) is 1. The van der Waals surface area contributed by atoms with Crippen molar-refractivity contribution in [2.75, 3.05) is 0 Å². The van der Waals surface area contributed by atoms with Crippen LogP contribution in [0, 0.1) is 0 Å². The lowest BCUT2D eigenvalue weighted by molar-refractivity contribution is 0.0998. The van der Waals surface area contributed by atoms with E-state index < -0.39 is 5.91 Å². The Morgan fingerprint density at radius 2 is 2.05 bits per heavy atom. The summed E-state index contributed by atoms with van der Waals surface area (Å²) in [5.74, 6) is -0.0846. The molecule has 1 aromatic heterocycles. The zero-order valence-electron chi connectivity index (χ0n) is 9.97. The molecule has 1 heterocycles. The first kappa shape index (κ1) is 13.3. The molecule has 1 aromatic carbocycles. The maximum atomic E-state index is 11.3. The largest absolute Gasteiger partial charge is 0.437 e. The maximum Gasteiger partial charge on any atom is 0.252 e. The summed E-state index contributed by atoms with van der Waals surface area (Å²) in [5, 5.41) is 0.323. The van der Waals surface area contributed by atoms with Crippen molar-refractivity contribution < 1.29 is 9.53 Å². The summed E-state index contributed by atoms with van der Waals surface area (Å²) in [5.41, 5.74) is 11.8. The van der Waals surface area contributed by atoms with Crippen molar-refractivity contribution in [2.45, 2.75) is 6.54 Å². The number of hydrogen-bond acceptors (Lipinski definition) is 4. The lowest BCUT2D eigenvalue weighted by Crippen LogP contribution is -2.12. The minimum atomic E-state index is -0.582. The lowest BCUT2D eigenvalue weighted by Gasteiger charge is -2.10. The highest BCUT2D eigenvalue weighted by Gasteiger charge is 2.13. The Labute approximate surface area is 115 Å². The predicted molar refractivity (Wildman–Crippen MR) is 72.2 cm³/mol. The number of carbonyl (C=O) groups is 1. The molecule has 19 heavy (non-hydrogen) atoms. The number of para-hydroxylation sites is 1. The van der Waals surface area contributed by atoms with Crippen molar-refractivity contribution in [1.82, 2.24) is 4.98 Å². The van der Waals surface area contributed by atoms with Gasteiger partial charge >= 0.3 is 0 Å². The van der Waals surface area contributed by atoms with E-state index in [0.29, 0.717) is 16.3 Å². The highest BCUT2D eigenvalue weighted by Crippen LogP contribution is 2.31. The van der Waals surface area contributed by atoms with Gasteiger partial charge in [0.2, 0.25) is 5.88 Å². The van der Waals surface area contributed by atoms with E-state index in [0.717, 1.165) is 0 Å². The van der Waals surface area contributed by atoms with Crippen molar-refractivity contribution in [3.8, 4) is 11.6 Å². The van der Waals surface area contributed by atoms with E-state index in [9.17, 15) is 4.79 Å². The number of aromatic nitrogens is 1. The Hall–Kier alpha value is -2.11. The normalized spacial score (nSPS) is 10.2. The van der Waals surface area contributed by atoms with E-state index in [1.165, 1.54) is 6.20 Å². The fraction of sp³-hybridized carbons (Fsp3) is 0.0769. The van der Waals surface area contributed by atoms with E-state index in [1.54, 1.807) is 30.3 Å². The van der Waals surface area contributed by atoms with Gasteiger partial charge in [-0.3, -0.25) is 4.79 Å². The van der Waals surface area contributed by atoms with Crippen molar-refractivity contribution in [2.24, 2.45) is 11.5 Å². The van der Waals surface area contributed by atoms with Gasteiger partial charge in [0.05, 0.1) is 5.56 Å². The molecule has 0 aliphatic rings. The van der Waals surface area contributed by atoms with Crippen LogP contribution in [0.25, 0.3) is 0 Å². The number of nitrogens with two attached hydrogens (primary N) is 2. The summed E-state index contributed by atoms with van der Waals surface area (Å²) in [4.78, 5) is 15.3. The Morgan fingerprint density at radius 1 is 1.32 bits per heavy atom. The second-order valence-electron chi connectivity index (χ2n) is 3.76. The Bertz CT molecular complexity index is 617. The number of ether oxygens (including phenoxy) is 1. The van der Waals surface area contributed by atoms with Crippen molar-refractivity contribution in [1.29, 1.82) is 0 Å². The standard InChI is InChI=1S/C13H12ClN3O2/c14-11-8(7-15)5-6-17-13(11)19-10-4-2-1-3-9(10)12(16)18/h1-6H,7,15H2,(H2,16,18). The molecule has 0 fully saturated rings. The Balaban J connectivity index is 2.39. The summed E-state index contributed by atoms with van der Waals surface area (Å²) in [6, 6.07) is 8.31. The van der Waals surface area contributed by atoms with E-state index in [4.69, 9.17) is 27.8 Å². The summed E-state index contributed by atoms with van der Waals surface area (Å²) in [6.07, 6.45) is 1.54. The minimum absolute atomic E-state index is 0.193. The number of halogens is 1. The number of primary amides is 1. The van der Waals surface area contributed by atoms with Gasteiger partial charge in [-0.25, -0.2) is 4.98 Å². The molecule has 0 aliphatic heterocycles. The molecule has 5 nitrogen and oxygen atoms in total. The highest BCUT2D eigenvalue weighted by molar-refractivity contribution is 6.32. The molecular weight excluding hydrogens is 266 g/mol. The number of benzene rings is 1. The van der Waals surface area contributed by atoms with E-state index in [-0.39, 0.29) is 18.0 Å². The van der Waals surface area contributed by atoms with Crippen LogP contribution >= 0.6 is 11.6 Å². The summed E-state index contributed by atoms with van der Waals surface area (Å²) in [6.45, 7) is 0.273. The predicted octanol–water partition coefficient (Wildman–Crippen LogP) is 2.08. The van der Waals surface area contributed by atoms with Crippen LogP contribution < -0.4 is 16.2 Å². The van der Waals surface area contributed by atoms with Gasteiger partial charge in [-0.1, -0.05) is 23.7 Å². The molecule has 6 heteroatoms. The van der Waals surface area contributed by atoms with Crippen LogP contribution in [0.3, 0.4) is 0 Å². The van der Waals surface area contributed by atoms with E-state index >= 15 is 0 Å². The van der Waals surface area contributed by atoms with E-state index in [2.05, 4.69) is 4.98 Å². The molecule has 2 rings (SSSR count). The first-order chi connectivity index (χ1) is 9.13. The quantitative estimate of drug-likeness (QED) is 0.895. The van der Waals surface area contributed by atoms with Crippen LogP contribution in [0.1, 0.15) is 15.9 Å². The average molecular weight is 278 g/mol. The Morgan fingerprint density at radius 3 is 2.74 bits per heavy atom. The number of amides is 1. The molecule has 0 saturated heterocycles. The van der Waals surface area contributed by atoms with Gasteiger partial charge in [0, 0.05) is 12.7 Å². The van der Waals surface area contributed by atoms with Crippen LogP contribution in [-0.2, 0) is 6.54 Å². The second kappa shape index (κ2) is 5.69. The minimum Gasteiger partial charge on any atom is -0.437 e. The van der Waals surface area contributed by atoms with Crippen LogP contribution in [-0.4, -0.2) is 10.9 Å². The fourth-order valence-electron chi connectivity index (χ4n) is 1.55. The summed E-state index contributed by atoms with van der Waals surface area (Å²) >= 11 is 6.11. The number of carbonyl (C=O) groups excluding carboxylic acids is 1. The first-order valence-corrected chi connectivity index (χ1v) is 5.91. The third-order valence-corrected chi connectivity index (χ3v) is 2.92. The number of rotatable bonds is 4. The van der Waals surface area contributed by atoms with Gasteiger partial charge < -0.3 is 16.2 Å². The molecule has 0 saturated carbocycles. The topological polar surface area (TPSA) is 91.2 Å². The van der Waals surface area contributed by atoms with Crippen LogP contribution in [0.4, 0.5) is 0 Å². The maximum absolute atomic E-state index is 11.3. The van der Waals surface area contributed by atoms with Gasteiger partial charge in [-0.05, 0) is 23.8 Å². The highest BCUT2D eigenvalue weighted by atomic mass is 35.5. The van der Waals surface area contributed by atoms with Gasteiger partial charge in [0.15, 0.2) is 0 Å². The SMILES string of the molecule is NCc1ccnc(Oc2ccccc2C(N)=O)c1Cl. The summed E-state index contributed by atoms with van der Waals surface area (Å²) < 4.78 is 5.54. The molecule has 0 bridgehead atoms. The third-order valence-electron chi connectivity index (χ3n) is 2.52. The monoisotopic (exact) mass is 277 g/mol. The molecule has 0 spiro atoms. The zero-order valence-corrected chi connectivity index (χ0v) is 10.7. The molecule has 1 amide bonds. The molecular formula is C13H12ClN3O2. The first-order valence-electron chi connectivity index (χ1n) is 5.53. The van der Waals surface area contributed by atoms with Gasteiger partial charge in [0.1, 0.15) is 10.8 Å². The van der Waals surface area contributed by atoms with Crippen molar-refractivity contribution in [3.05, 3.63) is 52.7 Å². The average Bonchev–Trinajstić information content (AvgIpc) is 2.41. The molecule has 98 valence electrons. The fourth-order valence-corrected chi connectivity index (χ4v) is 1.78. The van der Waals surface area contributed by atoms with E-state index in [1.807, 2.05) is 0 Å². The lowest BCUT2D eigenvalue weighted by atomic mass is 10.2. The summed E-state index contributed by atoms with van der Waals surface area (Å²) in [7, 11) is 0. The molecule has 0 atom stereocenters. The second-order valence-corrected chi connectivity index (χ2v) is 4.13. The third kappa shape index (κ3) is 2.83. The molecule has 0 unspecified atom stereocenters. The molecule has 0 aliphatic carbocycles. The smallest absolute Gasteiger partial charge is 0.252 e. The number of hydrogen-bond donors (Lipinski definition) is 2. The van der Waals surface area contributed by atoms with Gasteiger partial charge in [0.25, 0.3) is 5.91 Å². The van der Waals surface area contributed by atoms with Crippen LogP contribution in [0.2, 0.25) is 5.02 Å². The van der Waals surface area contributed by atoms with Crippen LogP contribution in [0.15, 0.2) is 36.5 Å². The van der Waals surface area contributed by atoms with Crippen molar-refractivity contribution in [3.63, 3.8) is 0 Å². The van der Waals surface area contributed by atoms with Crippen molar-refractivity contribution >= 4 is 17.5 Å². The molecule has 4 N–H and O–H groups in total.